The zero-order valence-electron chi connectivity index (χ0n) is 7.91. The molecule has 0 aliphatic heterocycles. The first kappa shape index (κ1) is 9.86. The fourth-order valence-corrected chi connectivity index (χ4v) is 1.13. The molecule has 0 aliphatic rings. The number of oxazole rings is 1. The molecule has 0 unspecified atom stereocenters. The summed E-state index contributed by atoms with van der Waals surface area (Å²) in [4.78, 5) is 18.1. The van der Waals surface area contributed by atoms with Crippen molar-refractivity contribution in [1.29, 1.82) is 5.26 Å². The standard InChI is InChI=1S/C10H5N3O3/c11-4-7-3-6(1-2-12-7)9-13-8(5-16-9)10(14)15/h1-3,5H,(H,14,15). The summed E-state index contributed by atoms with van der Waals surface area (Å²) < 4.78 is 4.98. The van der Waals surface area contributed by atoms with E-state index in [0.717, 1.165) is 6.26 Å². The monoisotopic (exact) mass is 215 g/mol. The summed E-state index contributed by atoms with van der Waals surface area (Å²) in [6, 6.07) is 4.92. The summed E-state index contributed by atoms with van der Waals surface area (Å²) in [5.74, 6) is -1.01. The van der Waals surface area contributed by atoms with Crippen LogP contribution in [0, 0.1) is 11.3 Å². The van der Waals surface area contributed by atoms with Crippen molar-refractivity contribution in [2.75, 3.05) is 0 Å². The van der Waals surface area contributed by atoms with Gasteiger partial charge in [-0.15, -0.1) is 0 Å². The van der Waals surface area contributed by atoms with Crippen LogP contribution in [-0.2, 0) is 0 Å². The maximum atomic E-state index is 10.6. The number of hydrogen-bond donors (Lipinski definition) is 1. The van der Waals surface area contributed by atoms with Crippen LogP contribution in [0.2, 0.25) is 0 Å². The molecule has 16 heavy (non-hydrogen) atoms. The van der Waals surface area contributed by atoms with Crippen LogP contribution in [0.15, 0.2) is 29.0 Å². The number of aromatic nitrogens is 2. The van der Waals surface area contributed by atoms with Crippen LogP contribution in [0.5, 0.6) is 0 Å². The lowest BCUT2D eigenvalue weighted by atomic mass is 10.2. The van der Waals surface area contributed by atoms with Gasteiger partial charge in [-0.25, -0.2) is 14.8 Å². The number of hydrogen-bond acceptors (Lipinski definition) is 5. The normalized spacial score (nSPS) is 9.69. The van der Waals surface area contributed by atoms with E-state index in [1.54, 1.807) is 6.07 Å². The summed E-state index contributed by atoms with van der Waals surface area (Å²) >= 11 is 0. The predicted molar refractivity (Wildman–Crippen MR) is 51.4 cm³/mol. The summed E-state index contributed by atoms with van der Waals surface area (Å²) in [6.07, 6.45) is 2.47. The Balaban J connectivity index is 2.43. The number of carboxylic acid groups (broad SMARTS) is 1. The third-order valence-electron chi connectivity index (χ3n) is 1.84. The SMILES string of the molecule is N#Cc1cc(-c2nc(C(=O)O)co2)ccn1. The number of carbonyl (C=O) groups is 1. The Morgan fingerprint density at radius 1 is 1.56 bits per heavy atom. The van der Waals surface area contributed by atoms with Gasteiger partial charge in [-0.2, -0.15) is 5.26 Å². The molecule has 1 N–H and O–H groups in total. The topological polar surface area (TPSA) is 100 Å². The Morgan fingerprint density at radius 3 is 3.00 bits per heavy atom. The second kappa shape index (κ2) is 3.82. The fourth-order valence-electron chi connectivity index (χ4n) is 1.13. The molecule has 78 valence electrons. The van der Waals surface area contributed by atoms with Crippen molar-refractivity contribution in [3.63, 3.8) is 0 Å². The van der Waals surface area contributed by atoms with E-state index in [9.17, 15) is 4.79 Å². The van der Waals surface area contributed by atoms with Crippen molar-refractivity contribution in [1.82, 2.24) is 9.97 Å². The van der Waals surface area contributed by atoms with Gasteiger partial charge in [-0.05, 0) is 12.1 Å². The van der Waals surface area contributed by atoms with Crippen LogP contribution in [0.25, 0.3) is 11.5 Å². The summed E-state index contributed by atoms with van der Waals surface area (Å²) in [6.45, 7) is 0. The minimum Gasteiger partial charge on any atom is -0.476 e. The van der Waals surface area contributed by atoms with Gasteiger partial charge in [0.25, 0.3) is 0 Å². The van der Waals surface area contributed by atoms with Gasteiger partial charge in [0.2, 0.25) is 5.89 Å². The molecule has 6 heteroatoms. The molecule has 6 nitrogen and oxygen atoms in total. The average molecular weight is 215 g/mol. The summed E-state index contributed by atoms with van der Waals surface area (Å²) in [5, 5.41) is 17.3. The lowest BCUT2D eigenvalue weighted by Crippen LogP contribution is -1.95. The van der Waals surface area contributed by atoms with Crippen molar-refractivity contribution in [3.05, 3.63) is 36.0 Å². The second-order valence-corrected chi connectivity index (χ2v) is 2.88. The fraction of sp³-hybridized carbons (Fsp3) is 0. The van der Waals surface area contributed by atoms with Gasteiger partial charge in [-0.1, -0.05) is 0 Å². The molecular formula is C10H5N3O3. The Labute approximate surface area is 89.8 Å². The highest BCUT2D eigenvalue weighted by atomic mass is 16.4. The molecule has 0 spiro atoms. The molecule has 2 aromatic rings. The van der Waals surface area contributed by atoms with Crippen LogP contribution in [-0.4, -0.2) is 21.0 Å². The maximum absolute atomic E-state index is 10.6. The lowest BCUT2D eigenvalue weighted by Gasteiger charge is -1.93. The Bertz CT molecular complexity index is 583. The molecule has 0 amide bonds. The highest BCUT2D eigenvalue weighted by Gasteiger charge is 2.12. The smallest absolute Gasteiger partial charge is 0.357 e. The zero-order chi connectivity index (χ0) is 11.5. The number of pyridine rings is 1. The zero-order valence-corrected chi connectivity index (χ0v) is 7.91. The van der Waals surface area contributed by atoms with E-state index < -0.39 is 5.97 Å². The van der Waals surface area contributed by atoms with Gasteiger partial charge in [0, 0.05) is 11.8 Å². The maximum Gasteiger partial charge on any atom is 0.357 e. The molecule has 0 fully saturated rings. The third kappa shape index (κ3) is 1.74. The number of aromatic carboxylic acids is 1. The van der Waals surface area contributed by atoms with Crippen LogP contribution in [0.4, 0.5) is 0 Å². The largest absolute Gasteiger partial charge is 0.476 e. The van der Waals surface area contributed by atoms with Gasteiger partial charge in [-0.3, -0.25) is 0 Å². The Morgan fingerprint density at radius 2 is 2.38 bits per heavy atom. The first-order valence-corrected chi connectivity index (χ1v) is 4.26. The lowest BCUT2D eigenvalue weighted by molar-refractivity contribution is 0.0690. The molecule has 0 bridgehead atoms. The molecule has 2 rings (SSSR count). The van der Waals surface area contributed by atoms with E-state index in [-0.39, 0.29) is 17.3 Å². The first-order valence-electron chi connectivity index (χ1n) is 4.26. The molecule has 0 aliphatic carbocycles. The van der Waals surface area contributed by atoms with Gasteiger partial charge >= 0.3 is 5.97 Å². The van der Waals surface area contributed by atoms with Crippen LogP contribution < -0.4 is 0 Å². The van der Waals surface area contributed by atoms with Crippen molar-refractivity contribution in [3.8, 4) is 17.5 Å². The Kier molecular flexibility index (Phi) is 2.36. The molecular weight excluding hydrogens is 210 g/mol. The summed E-state index contributed by atoms with van der Waals surface area (Å²) in [5.41, 5.74) is 0.553. The van der Waals surface area contributed by atoms with Crippen LogP contribution in [0.1, 0.15) is 16.2 Å². The molecule has 0 saturated carbocycles. The first-order chi connectivity index (χ1) is 7.70. The van der Waals surface area contributed by atoms with Crippen molar-refractivity contribution >= 4 is 5.97 Å². The van der Waals surface area contributed by atoms with E-state index in [0.29, 0.717) is 5.56 Å². The summed E-state index contributed by atoms with van der Waals surface area (Å²) in [7, 11) is 0. The number of nitriles is 1. The van der Waals surface area contributed by atoms with Crippen molar-refractivity contribution in [2.45, 2.75) is 0 Å². The van der Waals surface area contributed by atoms with Gasteiger partial charge in [0.1, 0.15) is 18.0 Å². The number of carboxylic acids is 1. The van der Waals surface area contributed by atoms with Crippen molar-refractivity contribution < 1.29 is 14.3 Å². The molecule has 0 atom stereocenters. The predicted octanol–water partition coefficient (Wildman–Crippen LogP) is 1.31. The highest BCUT2D eigenvalue weighted by molar-refractivity contribution is 5.85. The van der Waals surface area contributed by atoms with Gasteiger partial charge in [0.15, 0.2) is 5.69 Å². The van der Waals surface area contributed by atoms with Gasteiger partial charge in [0.05, 0.1) is 0 Å². The average Bonchev–Trinajstić information content (AvgIpc) is 2.78. The van der Waals surface area contributed by atoms with E-state index in [1.165, 1.54) is 12.3 Å². The third-order valence-corrected chi connectivity index (χ3v) is 1.84. The minimum absolute atomic E-state index is 0.149. The van der Waals surface area contributed by atoms with E-state index >= 15 is 0 Å². The van der Waals surface area contributed by atoms with Gasteiger partial charge < -0.3 is 9.52 Å². The molecule has 0 saturated heterocycles. The Hall–Kier alpha value is -2.68. The molecule has 2 heterocycles. The van der Waals surface area contributed by atoms with Crippen molar-refractivity contribution in [2.24, 2.45) is 0 Å². The minimum atomic E-state index is -1.16. The van der Waals surface area contributed by atoms with Crippen LogP contribution >= 0.6 is 0 Å². The molecule has 0 radical (unpaired) electrons. The van der Waals surface area contributed by atoms with Crippen LogP contribution in [0.3, 0.4) is 0 Å². The molecule has 0 aromatic carbocycles. The quantitative estimate of drug-likeness (QED) is 0.810. The molecule has 2 aromatic heterocycles. The highest BCUT2D eigenvalue weighted by Crippen LogP contribution is 2.18. The van der Waals surface area contributed by atoms with E-state index in [2.05, 4.69) is 9.97 Å². The number of rotatable bonds is 2. The second-order valence-electron chi connectivity index (χ2n) is 2.88. The van der Waals surface area contributed by atoms with E-state index in [4.69, 9.17) is 14.8 Å². The number of nitrogens with zero attached hydrogens (tertiary/aromatic N) is 3. The van der Waals surface area contributed by atoms with E-state index in [1.807, 2.05) is 6.07 Å².